The van der Waals surface area contributed by atoms with Crippen molar-refractivity contribution in [3.05, 3.63) is 71.3 Å². The number of hydrogen-bond acceptors (Lipinski definition) is 3. The van der Waals surface area contributed by atoms with Crippen LogP contribution in [-0.2, 0) is 4.74 Å². The molecule has 1 amide bonds. The van der Waals surface area contributed by atoms with Crippen LogP contribution in [0.5, 0.6) is 0 Å². The highest BCUT2D eigenvalue weighted by Gasteiger charge is 2.26. The number of carbonyl (C=O) groups is 1. The Bertz CT molecular complexity index is 707. The van der Waals surface area contributed by atoms with E-state index < -0.39 is 0 Å². The number of morpholine rings is 1. The normalized spacial score (nSPS) is 17.8. The first kappa shape index (κ1) is 14.3. The average Bonchev–Trinajstić information content (AvgIpc) is 2.62. The molecule has 1 unspecified atom stereocenters. The highest BCUT2D eigenvalue weighted by Crippen LogP contribution is 2.23. The van der Waals surface area contributed by atoms with E-state index in [0.29, 0.717) is 30.8 Å². The quantitative estimate of drug-likeness (QED) is 0.855. The van der Waals surface area contributed by atoms with E-state index in [1.807, 2.05) is 30.3 Å². The molecule has 1 atom stereocenters. The molecule has 3 rings (SSSR count). The fourth-order valence-electron chi connectivity index (χ4n) is 2.61. The lowest BCUT2D eigenvalue weighted by Gasteiger charge is -2.33. The Labute approximate surface area is 129 Å². The van der Waals surface area contributed by atoms with E-state index in [1.54, 1.807) is 29.2 Å². The summed E-state index contributed by atoms with van der Waals surface area (Å²) in [5.41, 5.74) is 2.12. The Kier molecular flexibility index (Phi) is 4.17. The number of ether oxygens (including phenoxy) is 1. The highest BCUT2D eigenvalue weighted by atomic mass is 16.5. The van der Waals surface area contributed by atoms with Crippen molar-refractivity contribution in [3.63, 3.8) is 0 Å². The Morgan fingerprint density at radius 3 is 2.77 bits per heavy atom. The number of nitrogens with zero attached hydrogens (tertiary/aromatic N) is 2. The molecule has 2 aromatic rings. The van der Waals surface area contributed by atoms with E-state index in [9.17, 15) is 4.79 Å². The molecule has 1 aliphatic rings. The predicted molar refractivity (Wildman–Crippen MR) is 82.2 cm³/mol. The van der Waals surface area contributed by atoms with Gasteiger partial charge in [-0.15, -0.1) is 0 Å². The molecule has 4 nitrogen and oxygen atoms in total. The third-order valence-electron chi connectivity index (χ3n) is 3.76. The molecule has 0 spiro atoms. The van der Waals surface area contributed by atoms with Crippen LogP contribution in [-0.4, -0.2) is 30.5 Å². The van der Waals surface area contributed by atoms with Crippen molar-refractivity contribution >= 4 is 5.91 Å². The van der Waals surface area contributed by atoms with E-state index in [1.165, 1.54) is 0 Å². The topological polar surface area (TPSA) is 53.3 Å². The van der Waals surface area contributed by atoms with Crippen LogP contribution in [0.3, 0.4) is 0 Å². The molecule has 0 saturated carbocycles. The summed E-state index contributed by atoms with van der Waals surface area (Å²) in [6.45, 7) is 1.61. The lowest BCUT2D eigenvalue weighted by atomic mass is 10.1. The van der Waals surface area contributed by atoms with Crippen LogP contribution in [0, 0.1) is 11.3 Å². The molecule has 0 aromatic heterocycles. The Morgan fingerprint density at radius 1 is 1.18 bits per heavy atom. The van der Waals surface area contributed by atoms with E-state index in [2.05, 4.69) is 6.07 Å². The predicted octanol–water partition coefficient (Wildman–Crippen LogP) is 2.77. The Hall–Kier alpha value is -2.64. The molecule has 0 N–H and O–H groups in total. The summed E-state index contributed by atoms with van der Waals surface area (Å²) in [6, 6.07) is 18.8. The summed E-state index contributed by atoms with van der Waals surface area (Å²) in [6.07, 6.45) is -0.0990. The van der Waals surface area contributed by atoms with Crippen molar-refractivity contribution in [2.45, 2.75) is 6.10 Å². The lowest BCUT2D eigenvalue weighted by molar-refractivity contribution is -0.0228. The summed E-state index contributed by atoms with van der Waals surface area (Å²) in [4.78, 5) is 14.4. The molecule has 1 saturated heterocycles. The summed E-state index contributed by atoms with van der Waals surface area (Å²) < 4.78 is 5.78. The van der Waals surface area contributed by atoms with Crippen LogP contribution in [0.1, 0.15) is 27.6 Å². The molecular formula is C18H16N2O2. The van der Waals surface area contributed by atoms with Crippen LogP contribution >= 0.6 is 0 Å². The van der Waals surface area contributed by atoms with Gasteiger partial charge in [0.15, 0.2) is 0 Å². The van der Waals surface area contributed by atoms with Crippen LogP contribution in [0.4, 0.5) is 0 Å². The zero-order valence-corrected chi connectivity index (χ0v) is 12.1. The van der Waals surface area contributed by atoms with E-state index in [0.717, 1.165) is 5.56 Å². The average molecular weight is 292 g/mol. The van der Waals surface area contributed by atoms with Gasteiger partial charge in [0.25, 0.3) is 5.91 Å². The van der Waals surface area contributed by atoms with E-state index >= 15 is 0 Å². The van der Waals surface area contributed by atoms with Crippen LogP contribution in [0.15, 0.2) is 54.6 Å². The van der Waals surface area contributed by atoms with Crippen molar-refractivity contribution in [3.8, 4) is 6.07 Å². The zero-order valence-electron chi connectivity index (χ0n) is 12.1. The fourth-order valence-corrected chi connectivity index (χ4v) is 2.61. The van der Waals surface area contributed by atoms with Gasteiger partial charge in [-0.25, -0.2) is 0 Å². The van der Waals surface area contributed by atoms with Crippen LogP contribution < -0.4 is 0 Å². The molecule has 2 aromatic carbocycles. The van der Waals surface area contributed by atoms with Crippen molar-refractivity contribution < 1.29 is 9.53 Å². The summed E-state index contributed by atoms with van der Waals surface area (Å²) >= 11 is 0. The third-order valence-corrected chi connectivity index (χ3v) is 3.76. The maximum absolute atomic E-state index is 12.6. The number of nitriles is 1. The second kappa shape index (κ2) is 6.42. The second-order valence-corrected chi connectivity index (χ2v) is 5.21. The molecule has 22 heavy (non-hydrogen) atoms. The Morgan fingerprint density at radius 2 is 2.00 bits per heavy atom. The molecule has 1 heterocycles. The molecule has 1 aliphatic heterocycles. The zero-order chi connectivity index (χ0) is 15.4. The van der Waals surface area contributed by atoms with Crippen molar-refractivity contribution in [2.75, 3.05) is 19.7 Å². The van der Waals surface area contributed by atoms with E-state index in [-0.39, 0.29) is 12.0 Å². The summed E-state index contributed by atoms with van der Waals surface area (Å²) in [7, 11) is 0. The second-order valence-electron chi connectivity index (χ2n) is 5.21. The van der Waals surface area contributed by atoms with Gasteiger partial charge in [0, 0.05) is 12.1 Å². The third kappa shape index (κ3) is 3.00. The van der Waals surface area contributed by atoms with Gasteiger partial charge in [-0.1, -0.05) is 36.4 Å². The number of amides is 1. The Balaban J connectivity index is 1.77. The monoisotopic (exact) mass is 292 g/mol. The van der Waals surface area contributed by atoms with Crippen molar-refractivity contribution in [1.29, 1.82) is 5.26 Å². The maximum Gasteiger partial charge on any atom is 0.254 e. The lowest BCUT2D eigenvalue weighted by Crippen LogP contribution is -2.42. The molecule has 4 heteroatoms. The molecule has 0 radical (unpaired) electrons. The summed E-state index contributed by atoms with van der Waals surface area (Å²) in [5, 5.41) is 8.95. The van der Waals surface area contributed by atoms with Crippen LogP contribution in [0.2, 0.25) is 0 Å². The number of hydrogen-bond donors (Lipinski definition) is 0. The number of rotatable bonds is 2. The molecule has 1 fully saturated rings. The van der Waals surface area contributed by atoms with Gasteiger partial charge in [-0.2, -0.15) is 5.26 Å². The molecular weight excluding hydrogens is 276 g/mol. The SMILES string of the molecule is N#Cc1cccc(C(=O)N2CCOC(c3ccccc3)C2)c1. The van der Waals surface area contributed by atoms with Gasteiger partial charge in [-0.3, -0.25) is 4.79 Å². The van der Waals surface area contributed by atoms with Gasteiger partial charge in [0.05, 0.1) is 24.8 Å². The van der Waals surface area contributed by atoms with Gasteiger partial charge in [0.1, 0.15) is 6.10 Å². The molecule has 0 bridgehead atoms. The first-order valence-electron chi connectivity index (χ1n) is 7.24. The minimum atomic E-state index is -0.0990. The maximum atomic E-state index is 12.6. The fraction of sp³-hybridized carbons (Fsp3) is 0.222. The largest absolute Gasteiger partial charge is 0.370 e. The summed E-state index contributed by atoms with van der Waals surface area (Å²) in [5.74, 6) is -0.0543. The first-order valence-corrected chi connectivity index (χ1v) is 7.24. The van der Waals surface area contributed by atoms with Crippen molar-refractivity contribution in [1.82, 2.24) is 4.90 Å². The van der Waals surface area contributed by atoms with Gasteiger partial charge in [0.2, 0.25) is 0 Å². The number of benzene rings is 2. The number of carbonyl (C=O) groups excluding carboxylic acids is 1. The minimum Gasteiger partial charge on any atom is -0.370 e. The van der Waals surface area contributed by atoms with Crippen LogP contribution in [0.25, 0.3) is 0 Å². The smallest absolute Gasteiger partial charge is 0.254 e. The molecule has 110 valence electrons. The standard InChI is InChI=1S/C18H16N2O2/c19-12-14-5-4-8-16(11-14)18(21)20-9-10-22-17(13-20)15-6-2-1-3-7-15/h1-8,11,17H,9-10,13H2. The molecule has 0 aliphatic carbocycles. The van der Waals surface area contributed by atoms with Gasteiger partial charge in [-0.05, 0) is 23.8 Å². The minimum absolute atomic E-state index is 0.0543. The van der Waals surface area contributed by atoms with Crippen molar-refractivity contribution in [2.24, 2.45) is 0 Å². The van der Waals surface area contributed by atoms with Gasteiger partial charge < -0.3 is 9.64 Å². The van der Waals surface area contributed by atoms with E-state index in [4.69, 9.17) is 10.00 Å². The highest BCUT2D eigenvalue weighted by molar-refractivity contribution is 5.94. The van der Waals surface area contributed by atoms with Gasteiger partial charge >= 0.3 is 0 Å². The first-order chi connectivity index (χ1) is 10.8.